The maximum Gasteiger partial charge on any atom is 0.227 e. The fourth-order valence-electron chi connectivity index (χ4n) is 2.39. The lowest BCUT2D eigenvalue weighted by atomic mass is 9.82. The van der Waals surface area contributed by atoms with E-state index in [4.69, 9.17) is 0 Å². The minimum absolute atomic E-state index is 0.160. The van der Waals surface area contributed by atoms with Crippen molar-refractivity contribution in [2.45, 2.75) is 33.2 Å². The number of carbonyl (C=O) groups excluding carboxylic acids is 1. The van der Waals surface area contributed by atoms with Crippen molar-refractivity contribution < 1.29 is 4.79 Å². The highest BCUT2D eigenvalue weighted by Crippen LogP contribution is 2.25. The number of hydrogen-bond acceptors (Lipinski definition) is 3. The summed E-state index contributed by atoms with van der Waals surface area (Å²) < 4.78 is 2.04. The van der Waals surface area contributed by atoms with Gasteiger partial charge in [0, 0.05) is 32.0 Å². The monoisotopic (exact) mass is 250 g/mol. The smallest absolute Gasteiger partial charge is 0.227 e. The highest BCUT2D eigenvalue weighted by Gasteiger charge is 2.34. The van der Waals surface area contributed by atoms with E-state index in [0.29, 0.717) is 6.54 Å². The Hall–Kier alpha value is -1.36. The SMILES string of the molecule is Cc1nccn1CCNC(=O)C1(C)CCCNC1. The first kappa shape index (κ1) is 13.1. The predicted octanol–water partition coefficient (Wildman–Crippen LogP) is 0.697. The molecular weight excluding hydrogens is 228 g/mol. The molecule has 5 nitrogen and oxygen atoms in total. The second-order valence-electron chi connectivity index (χ2n) is 5.26. The van der Waals surface area contributed by atoms with E-state index in [0.717, 1.165) is 38.3 Å². The fourth-order valence-corrected chi connectivity index (χ4v) is 2.39. The van der Waals surface area contributed by atoms with E-state index in [9.17, 15) is 4.79 Å². The van der Waals surface area contributed by atoms with Crippen LogP contribution >= 0.6 is 0 Å². The summed E-state index contributed by atoms with van der Waals surface area (Å²) in [6.07, 6.45) is 5.76. The number of nitrogens with zero attached hydrogens (tertiary/aromatic N) is 2. The quantitative estimate of drug-likeness (QED) is 0.827. The molecule has 1 fully saturated rings. The lowest BCUT2D eigenvalue weighted by molar-refractivity contribution is -0.131. The zero-order chi connectivity index (χ0) is 13.0. The maximum absolute atomic E-state index is 12.2. The molecule has 1 amide bonds. The Labute approximate surface area is 108 Å². The summed E-state index contributed by atoms with van der Waals surface area (Å²) in [5.74, 6) is 1.14. The Bertz CT molecular complexity index is 407. The van der Waals surface area contributed by atoms with Crippen LogP contribution in [0.2, 0.25) is 0 Å². The van der Waals surface area contributed by atoms with E-state index < -0.39 is 0 Å². The lowest BCUT2D eigenvalue weighted by Crippen LogP contribution is -2.49. The normalized spacial score (nSPS) is 23.9. The number of rotatable bonds is 4. The van der Waals surface area contributed by atoms with Crippen LogP contribution in [0.1, 0.15) is 25.6 Å². The van der Waals surface area contributed by atoms with Gasteiger partial charge in [-0.15, -0.1) is 0 Å². The zero-order valence-electron chi connectivity index (χ0n) is 11.2. The van der Waals surface area contributed by atoms with Gasteiger partial charge in [0.1, 0.15) is 5.82 Å². The van der Waals surface area contributed by atoms with Gasteiger partial charge in [0.05, 0.1) is 5.41 Å². The summed E-state index contributed by atoms with van der Waals surface area (Å²) in [5, 5.41) is 6.32. The molecule has 2 heterocycles. The number of aryl methyl sites for hydroxylation is 1. The molecular formula is C13H22N4O. The number of piperidine rings is 1. The summed E-state index contributed by atoms with van der Waals surface area (Å²) in [5.41, 5.74) is -0.248. The van der Waals surface area contributed by atoms with Crippen molar-refractivity contribution in [2.24, 2.45) is 5.41 Å². The van der Waals surface area contributed by atoms with E-state index in [1.807, 2.05) is 24.6 Å². The van der Waals surface area contributed by atoms with E-state index in [1.165, 1.54) is 0 Å². The summed E-state index contributed by atoms with van der Waals surface area (Å²) in [6, 6.07) is 0. The number of hydrogen-bond donors (Lipinski definition) is 2. The highest BCUT2D eigenvalue weighted by atomic mass is 16.2. The van der Waals surface area contributed by atoms with Crippen molar-refractivity contribution in [1.82, 2.24) is 20.2 Å². The van der Waals surface area contributed by atoms with Crippen LogP contribution in [0.3, 0.4) is 0 Å². The molecule has 1 aromatic heterocycles. The highest BCUT2D eigenvalue weighted by molar-refractivity contribution is 5.82. The maximum atomic E-state index is 12.2. The van der Waals surface area contributed by atoms with Gasteiger partial charge in [-0.25, -0.2) is 4.98 Å². The molecule has 1 aromatic rings. The average molecular weight is 250 g/mol. The van der Waals surface area contributed by atoms with Gasteiger partial charge >= 0.3 is 0 Å². The Morgan fingerprint density at radius 3 is 3.11 bits per heavy atom. The van der Waals surface area contributed by atoms with Crippen LogP contribution < -0.4 is 10.6 Å². The second-order valence-corrected chi connectivity index (χ2v) is 5.26. The lowest BCUT2D eigenvalue weighted by Gasteiger charge is -2.32. The number of aromatic nitrogens is 2. The molecule has 0 spiro atoms. The molecule has 0 aliphatic carbocycles. The molecule has 1 atom stereocenters. The second kappa shape index (κ2) is 5.52. The molecule has 100 valence electrons. The molecule has 18 heavy (non-hydrogen) atoms. The molecule has 0 saturated carbocycles. The van der Waals surface area contributed by atoms with Crippen molar-refractivity contribution in [1.29, 1.82) is 0 Å². The van der Waals surface area contributed by atoms with Crippen molar-refractivity contribution in [2.75, 3.05) is 19.6 Å². The number of nitrogens with one attached hydrogen (secondary N) is 2. The van der Waals surface area contributed by atoms with Crippen molar-refractivity contribution in [3.63, 3.8) is 0 Å². The minimum atomic E-state index is -0.248. The van der Waals surface area contributed by atoms with Gasteiger partial charge in [0.15, 0.2) is 0 Å². The molecule has 1 aliphatic rings. The van der Waals surface area contributed by atoms with Crippen LogP contribution in [-0.4, -0.2) is 35.1 Å². The summed E-state index contributed by atoms with van der Waals surface area (Å²) in [4.78, 5) is 16.3. The Kier molecular flexibility index (Phi) is 4.01. The van der Waals surface area contributed by atoms with Crippen LogP contribution in [0, 0.1) is 12.3 Å². The zero-order valence-corrected chi connectivity index (χ0v) is 11.2. The number of amides is 1. The Morgan fingerprint density at radius 1 is 1.67 bits per heavy atom. The molecule has 1 unspecified atom stereocenters. The van der Waals surface area contributed by atoms with Gasteiger partial charge in [0.25, 0.3) is 0 Å². The van der Waals surface area contributed by atoms with Crippen LogP contribution in [0.25, 0.3) is 0 Å². The summed E-state index contributed by atoms with van der Waals surface area (Å²) in [6.45, 7) is 7.25. The third-order valence-corrected chi connectivity index (χ3v) is 3.71. The molecule has 0 aromatic carbocycles. The molecule has 5 heteroatoms. The van der Waals surface area contributed by atoms with Gasteiger partial charge in [-0.2, -0.15) is 0 Å². The molecule has 2 rings (SSSR count). The molecule has 0 radical (unpaired) electrons. The summed E-state index contributed by atoms with van der Waals surface area (Å²) in [7, 11) is 0. The van der Waals surface area contributed by atoms with E-state index in [2.05, 4.69) is 15.6 Å². The number of imidazole rings is 1. The third-order valence-electron chi connectivity index (χ3n) is 3.71. The van der Waals surface area contributed by atoms with Gasteiger partial charge in [-0.05, 0) is 33.2 Å². The van der Waals surface area contributed by atoms with Crippen molar-refractivity contribution in [3.8, 4) is 0 Å². The predicted molar refractivity (Wildman–Crippen MR) is 70.2 cm³/mol. The van der Waals surface area contributed by atoms with E-state index >= 15 is 0 Å². The third kappa shape index (κ3) is 2.90. The first-order chi connectivity index (χ1) is 8.62. The van der Waals surface area contributed by atoms with Crippen LogP contribution in [0.5, 0.6) is 0 Å². The van der Waals surface area contributed by atoms with E-state index in [1.54, 1.807) is 6.20 Å². The largest absolute Gasteiger partial charge is 0.354 e. The van der Waals surface area contributed by atoms with Gasteiger partial charge in [-0.1, -0.05) is 0 Å². The van der Waals surface area contributed by atoms with Crippen LogP contribution in [0.4, 0.5) is 0 Å². The Balaban J connectivity index is 1.79. The van der Waals surface area contributed by atoms with Crippen molar-refractivity contribution >= 4 is 5.91 Å². The minimum Gasteiger partial charge on any atom is -0.354 e. The van der Waals surface area contributed by atoms with Crippen molar-refractivity contribution in [3.05, 3.63) is 18.2 Å². The standard InChI is InChI=1S/C13H22N4O/c1-11-15-6-8-17(11)9-7-16-12(18)13(2)4-3-5-14-10-13/h6,8,14H,3-5,7,9-10H2,1-2H3,(H,16,18). The molecule has 0 bridgehead atoms. The fraction of sp³-hybridized carbons (Fsp3) is 0.692. The van der Waals surface area contributed by atoms with Gasteiger partial charge in [-0.3, -0.25) is 4.79 Å². The number of carbonyl (C=O) groups is 1. The van der Waals surface area contributed by atoms with Crippen LogP contribution in [-0.2, 0) is 11.3 Å². The van der Waals surface area contributed by atoms with E-state index in [-0.39, 0.29) is 11.3 Å². The van der Waals surface area contributed by atoms with Gasteiger partial charge < -0.3 is 15.2 Å². The first-order valence-electron chi connectivity index (χ1n) is 6.59. The average Bonchev–Trinajstić information content (AvgIpc) is 2.76. The topological polar surface area (TPSA) is 59.0 Å². The Morgan fingerprint density at radius 2 is 2.50 bits per heavy atom. The first-order valence-corrected chi connectivity index (χ1v) is 6.59. The molecule has 1 aliphatic heterocycles. The molecule has 1 saturated heterocycles. The summed E-state index contributed by atoms with van der Waals surface area (Å²) >= 11 is 0. The van der Waals surface area contributed by atoms with Gasteiger partial charge in [0.2, 0.25) is 5.91 Å². The molecule has 2 N–H and O–H groups in total. The van der Waals surface area contributed by atoms with Crippen LogP contribution in [0.15, 0.2) is 12.4 Å².